The van der Waals surface area contributed by atoms with E-state index in [0.29, 0.717) is 39.0 Å². The highest BCUT2D eigenvalue weighted by molar-refractivity contribution is 7.89. The lowest BCUT2D eigenvalue weighted by atomic mass is 10.1. The highest BCUT2D eigenvalue weighted by atomic mass is 32.2. The summed E-state index contributed by atoms with van der Waals surface area (Å²) in [5.41, 5.74) is 2.75. The number of piperazine rings is 1. The molecule has 0 saturated carbocycles. The van der Waals surface area contributed by atoms with Crippen LogP contribution in [-0.2, 0) is 21.2 Å². The normalized spacial score (nSPS) is 16.5. The van der Waals surface area contributed by atoms with E-state index < -0.39 is 10.0 Å². The number of benzene rings is 1. The molecule has 136 valence electrons. The SMILES string of the molecule is CCCS(=O)(=O)N1CCN(C(=O)Cc2ccc3nc(C)[nH]c3c2)CC1. The van der Waals surface area contributed by atoms with Gasteiger partial charge in [-0.3, -0.25) is 4.79 Å². The maximum atomic E-state index is 12.5. The molecule has 1 saturated heterocycles. The Kier molecular flexibility index (Phi) is 5.10. The summed E-state index contributed by atoms with van der Waals surface area (Å²) in [6, 6.07) is 5.79. The first-order valence-electron chi connectivity index (χ1n) is 8.60. The molecule has 1 N–H and O–H groups in total. The zero-order valence-electron chi connectivity index (χ0n) is 14.7. The summed E-state index contributed by atoms with van der Waals surface area (Å²) in [4.78, 5) is 21.8. The number of aryl methyl sites for hydroxylation is 1. The fourth-order valence-corrected chi connectivity index (χ4v) is 4.68. The number of nitrogens with zero attached hydrogens (tertiary/aromatic N) is 3. The summed E-state index contributed by atoms with van der Waals surface area (Å²) in [5, 5.41) is 0. The van der Waals surface area contributed by atoms with Crippen molar-refractivity contribution in [3.63, 3.8) is 0 Å². The number of fused-ring (bicyclic) bond motifs is 1. The van der Waals surface area contributed by atoms with Gasteiger partial charge in [-0.2, -0.15) is 4.31 Å². The van der Waals surface area contributed by atoms with Crippen LogP contribution in [0.25, 0.3) is 11.0 Å². The molecule has 3 rings (SSSR count). The first-order valence-corrected chi connectivity index (χ1v) is 10.2. The van der Waals surface area contributed by atoms with Crippen molar-refractivity contribution in [2.45, 2.75) is 26.7 Å². The van der Waals surface area contributed by atoms with Gasteiger partial charge in [0.2, 0.25) is 15.9 Å². The average molecular weight is 364 g/mol. The van der Waals surface area contributed by atoms with E-state index in [9.17, 15) is 13.2 Å². The van der Waals surface area contributed by atoms with Crippen molar-refractivity contribution in [3.05, 3.63) is 29.6 Å². The lowest BCUT2D eigenvalue weighted by Crippen LogP contribution is -2.51. The molecule has 25 heavy (non-hydrogen) atoms. The lowest BCUT2D eigenvalue weighted by molar-refractivity contribution is -0.131. The zero-order chi connectivity index (χ0) is 18.0. The number of imidazole rings is 1. The van der Waals surface area contributed by atoms with Crippen molar-refractivity contribution in [1.82, 2.24) is 19.2 Å². The summed E-state index contributed by atoms with van der Waals surface area (Å²) >= 11 is 0. The van der Waals surface area contributed by atoms with E-state index in [1.54, 1.807) is 4.90 Å². The van der Waals surface area contributed by atoms with Gasteiger partial charge in [-0.15, -0.1) is 0 Å². The molecule has 1 aromatic heterocycles. The topological polar surface area (TPSA) is 86.4 Å². The van der Waals surface area contributed by atoms with Crippen LogP contribution in [0.1, 0.15) is 24.7 Å². The van der Waals surface area contributed by atoms with Crippen molar-refractivity contribution in [2.75, 3.05) is 31.9 Å². The van der Waals surface area contributed by atoms with Crippen molar-refractivity contribution in [3.8, 4) is 0 Å². The molecule has 1 aliphatic heterocycles. The number of hydrogen-bond donors (Lipinski definition) is 1. The molecule has 0 spiro atoms. The lowest BCUT2D eigenvalue weighted by Gasteiger charge is -2.34. The Hall–Kier alpha value is -1.93. The third kappa shape index (κ3) is 4.01. The second-order valence-electron chi connectivity index (χ2n) is 6.45. The summed E-state index contributed by atoms with van der Waals surface area (Å²) < 4.78 is 25.7. The zero-order valence-corrected chi connectivity index (χ0v) is 15.5. The van der Waals surface area contributed by atoms with E-state index >= 15 is 0 Å². The second-order valence-corrected chi connectivity index (χ2v) is 8.53. The molecule has 8 heteroatoms. The Bertz CT molecular complexity index is 867. The smallest absolute Gasteiger partial charge is 0.227 e. The van der Waals surface area contributed by atoms with E-state index in [1.165, 1.54) is 4.31 Å². The summed E-state index contributed by atoms with van der Waals surface area (Å²) in [5.74, 6) is 1.05. The van der Waals surface area contributed by atoms with Gasteiger partial charge in [-0.25, -0.2) is 13.4 Å². The van der Waals surface area contributed by atoms with E-state index in [-0.39, 0.29) is 11.7 Å². The molecule has 1 amide bonds. The van der Waals surface area contributed by atoms with Gasteiger partial charge in [0.05, 0.1) is 23.2 Å². The van der Waals surface area contributed by atoms with Gasteiger partial charge in [-0.05, 0) is 31.0 Å². The van der Waals surface area contributed by atoms with Gasteiger partial charge >= 0.3 is 0 Å². The maximum Gasteiger partial charge on any atom is 0.227 e. The van der Waals surface area contributed by atoms with Gasteiger partial charge in [0.25, 0.3) is 0 Å². The van der Waals surface area contributed by atoms with Crippen molar-refractivity contribution < 1.29 is 13.2 Å². The molecule has 0 bridgehead atoms. The average Bonchev–Trinajstić information content (AvgIpc) is 2.94. The van der Waals surface area contributed by atoms with Crippen LogP contribution in [0, 0.1) is 6.92 Å². The first-order chi connectivity index (χ1) is 11.9. The van der Waals surface area contributed by atoms with Gasteiger partial charge in [0.15, 0.2) is 0 Å². The van der Waals surface area contributed by atoms with Crippen LogP contribution in [0.15, 0.2) is 18.2 Å². The molecule has 0 radical (unpaired) electrons. The Labute approximate surface area is 148 Å². The molecule has 2 aromatic rings. The quantitative estimate of drug-likeness (QED) is 0.866. The fraction of sp³-hybridized carbons (Fsp3) is 0.529. The van der Waals surface area contributed by atoms with Crippen LogP contribution in [-0.4, -0.2) is 65.4 Å². The van der Waals surface area contributed by atoms with Gasteiger partial charge in [0, 0.05) is 26.2 Å². The van der Waals surface area contributed by atoms with Crippen LogP contribution >= 0.6 is 0 Å². The summed E-state index contributed by atoms with van der Waals surface area (Å²) in [6.45, 7) is 5.42. The molecule has 2 heterocycles. The molecule has 1 aromatic carbocycles. The van der Waals surface area contributed by atoms with Crippen LogP contribution < -0.4 is 0 Å². The van der Waals surface area contributed by atoms with Crippen LogP contribution in [0.5, 0.6) is 0 Å². The van der Waals surface area contributed by atoms with Crippen molar-refractivity contribution in [2.24, 2.45) is 0 Å². The Morgan fingerprint density at radius 1 is 1.24 bits per heavy atom. The standard InChI is InChI=1S/C17H24N4O3S/c1-3-10-25(23,24)21-8-6-20(7-9-21)17(22)12-14-4-5-15-16(11-14)19-13(2)18-15/h4-5,11H,3,6-10,12H2,1-2H3,(H,18,19). The molecule has 0 unspecified atom stereocenters. The van der Waals surface area contributed by atoms with Gasteiger partial charge in [-0.1, -0.05) is 13.0 Å². The largest absolute Gasteiger partial charge is 0.342 e. The maximum absolute atomic E-state index is 12.5. The molecular formula is C17H24N4O3S. The minimum Gasteiger partial charge on any atom is -0.342 e. The Balaban J connectivity index is 1.60. The predicted molar refractivity (Wildman–Crippen MR) is 96.8 cm³/mol. The van der Waals surface area contributed by atoms with E-state index in [4.69, 9.17) is 0 Å². The van der Waals surface area contributed by atoms with Crippen LogP contribution in [0.3, 0.4) is 0 Å². The van der Waals surface area contributed by atoms with Crippen LogP contribution in [0.4, 0.5) is 0 Å². The summed E-state index contributed by atoms with van der Waals surface area (Å²) in [7, 11) is -3.18. The van der Waals surface area contributed by atoms with E-state index in [0.717, 1.165) is 22.4 Å². The number of amides is 1. The third-order valence-electron chi connectivity index (χ3n) is 4.47. The summed E-state index contributed by atoms with van der Waals surface area (Å²) in [6.07, 6.45) is 0.923. The first kappa shape index (κ1) is 17.9. The van der Waals surface area contributed by atoms with Crippen LogP contribution in [0.2, 0.25) is 0 Å². The molecule has 0 aliphatic carbocycles. The minimum absolute atomic E-state index is 0.0307. The third-order valence-corrected chi connectivity index (χ3v) is 6.54. The highest BCUT2D eigenvalue weighted by Crippen LogP contribution is 2.16. The molecular weight excluding hydrogens is 340 g/mol. The van der Waals surface area contributed by atoms with E-state index in [2.05, 4.69) is 9.97 Å². The number of hydrogen-bond acceptors (Lipinski definition) is 4. The molecule has 7 nitrogen and oxygen atoms in total. The number of sulfonamides is 1. The number of H-pyrrole nitrogens is 1. The number of aromatic nitrogens is 2. The predicted octanol–water partition coefficient (Wildman–Crippen LogP) is 1.30. The Morgan fingerprint density at radius 2 is 1.96 bits per heavy atom. The van der Waals surface area contributed by atoms with Gasteiger partial charge in [0.1, 0.15) is 5.82 Å². The van der Waals surface area contributed by atoms with Crippen molar-refractivity contribution in [1.29, 1.82) is 0 Å². The number of carbonyl (C=O) groups is 1. The number of rotatable bonds is 5. The number of nitrogens with one attached hydrogen (secondary N) is 1. The van der Waals surface area contributed by atoms with E-state index in [1.807, 2.05) is 32.0 Å². The monoisotopic (exact) mass is 364 g/mol. The Morgan fingerprint density at radius 3 is 2.64 bits per heavy atom. The second kappa shape index (κ2) is 7.13. The molecule has 1 fully saturated rings. The van der Waals surface area contributed by atoms with Gasteiger partial charge < -0.3 is 9.88 Å². The highest BCUT2D eigenvalue weighted by Gasteiger charge is 2.28. The fourth-order valence-electron chi connectivity index (χ4n) is 3.18. The molecule has 0 atom stereocenters. The molecule has 1 aliphatic rings. The number of aromatic amines is 1. The van der Waals surface area contributed by atoms with Crippen molar-refractivity contribution >= 4 is 27.0 Å². The number of carbonyl (C=O) groups excluding carboxylic acids is 1. The minimum atomic E-state index is -3.18.